The first-order valence-corrected chi connectivity index (χ1v) is 6.99. The average molecular weight is 250 g/mol. The second-order valence-corrected chi connectivity index (χ2v) is 4.88. The van der Waals surface area contributed by atoms with Crippen LogP contribution in [0.25, 0.3) is 0 Å². The molecule has 100 valence electrons. The summed E-state index contributed by atoms with van der Waals surface area (Å²) in [5, 5.41) is 3.56. The molecule has 0 heterocycles. The highest BCUT2D eigenvalue weighted by Crippen LogP contribution is 2.32. The Bertz CT molecular complexity index is 388. The summed E-state index contributed by atoms with van der Waals surface area (Å²) in [6.45, 7) is 8.59. The van der Waals surface area contributed by atoms with Crippen LogP contribution in [-0.4, -0.2) is 31.1 Å². The minimum absolute atomic E-state index is 0.0412. The minimum Gasteiger partial charge on any atom is -0.309 e. The fourth-order valence-corrected chi connectivity index (χ4v) is 2.76. The standard InChI is InChI=1S/C15H23FN2/c1-3-18(4-2)11-10-17-15-9-8-12-13(15)6-5-7-14(12)16/h5-7,15,17H,3-4,8-11H2,1-2H3. The van der Waals surface area contributed by atoms with Crippen LogP contribution in [-0.2, 0) is 6.42 Å². The van der Waals surface area contributed by atoms with Crippen molar-refractivity contribution in [2.45, 2.75) is 32.7 Å². The van der Waals surface area contributed by atoms with Gasteiger partial charge in [0.05, 0.1) is 0 Å². The molecule has 1 aromatic rings. The van der Waals surface area contributed by atoms with Crippen LogP contribution in [0.1, 0.15) is 37.4 Å². The van der Waals surface area contributed by atoms with Gasteiger partial charge >= 0.3 is 0 Å². The summed E-state index contributed by atoms with van der Waals surface area (Å²) in [4.78, 5) is 2.40. The molecule has 1 unspecified atom stereocenters. The third-order valence-corrected chi connectivity index (χ3v) is 3.93. The van der Waals surface area contributed by atoms with Gasteiger partial charge in [-0.05, 0) is 43.1 Å². The summed E-state index contributed by atoms with van der Waals surface area (Å²) < 4.78 is 13.6. The zero-order valence-electron chi connectivity index (χ0n) is 11.4. The van der Waals surface area contributed by atoms with Crippen molar-refractivity contribution in [3.63, 3.8) is 0 Å². The van der Waals surface area contributed by atoms with Crippen LogP contribution in [0, 0.1) is 5.82 Å². The first-order chi connectivity index (χ1) is 8.76. The van der Waals surface area contributed by atoms with E-state index in [1.165, 1.54) is 0 Å². The lowest BCUT2D eigenvalue weighted by molar-refractivity contribution is 0.296. The van der Waals surface area contributed by atoms with Gasteiger partial charge in [-0.3, -0.25) is 0 Å². The lowest BCUT2D eigenvalue weighted by Gasteiger charge is -2.20. The molecule has 0 fully saturated rings. The molecular formula is C15H23FN2. The monoisotopic (exact) mass is 250 g/mol. The molecule has 1 aliphatic rings. The van der Waals surface area contributed by atoms with Crippen LogP contribution in [0.15, 0.2) is 18.2 Å². The number of fused-ring (bicyclic) bond motifs is 1. The Morgan fingerprint density at radius 1 is 1.33 bits per heavy atom. The van der Waals surface area contributed by atoms with E-state index in [1.54, 1.807) is 6.07 Å². The molecule has 0 aromatic heterocycles. The van der Waals surface area contributed by atoms with Gasteiger partial charge in [-0.25, -0.2) is 4.39 Å². The molecule has 0 saturated heterocycles. The van der Waals surface area contributed by atoms with Gasteiger partial charge in [-0.15, -0.1) is 0 Å². The lowest BCUT2D eigenvalue weighted by Crippen LogP contribution is -2.33. The number of likely N-dealkylation sites (N-methyl/N-ethyl adjacent to an activating group) is 1. The Balaban J connectivity index is 1.88. The molecule has 0 radical (unpaired) electrons. The van der Waals surface area contributed by atoms with Gasteiger partial charge in [-0.2, -0.15) is 0 Å². The maximum Gasteiger partial charge on any atom is 0.126 e. The molecule has 1 atom stereocenters. The molecule has 1 aromatic carbocycles. The van der Waals surface area contributed by atoms with E-state index in [4.69, 9.17) is 0 Å². The average Bonchev–Trinajstić information content (AvgIpc) is 2.80. The van der Waals surface area contributed by atoms with E-state index in [0.29, 0.717) is 6.04 Å². The molecule has 0 spiro atoms. The molecule has 2 nitrogen and oxygen atoms in total. The van der Waals surface area contributed by atoms with Crippen molar-refractivity contribution in [1.29, 1.82) is 0 Å². The Labute approximate surface area is 109 Å². The maximum atomic E-state index is 13.6. The number of benzene rings is 1. The second kappa shape index (κ2) is 6.30. The van der Waals surface area contributed by atoms with Crippen LogP contribution < -0.4 is 5.32 Å². The zero-order chi connectivity index (χ0) is 13.0. The van der Waals surface area contributed by atoms with Crippen LogP contribution in [0.2, 0.25) is 0 Å². The fourth-order valence-electron chi connectivity index (χ4n) is 2.76. The van der Waals surface area contributed by atoms with E-state index in [1.807, 2.05) is 6.07 Å². The van der Waals surface area contributed by atoms with Crippen molar-refractivity contribution in [3.8, 4) is 0 Å². The summed E-state index contributed by atoms with van der Waals surface area (Å²) in [6, 6.07) is 5.78. The van der Waals surface area contributed by atoms with Gasteiger partial charge in [-0.1, -0.05) is 26.0 Å². The lowest BCUT2D eigenvalue weighted by atomic mass is 10.1. The summed E-state index contributed by atoms with van der Waals surface area (Å²) >= 11 is 0. The van der Waals surface area contributed by atoms with Crippen LogP contribution in [0.3, 0.4) is 0 Å². The fraction of sp³-hybridized carbons (Fsp3) is 0.600. The predicted octanol–water partition coefficient (Wildman–Crippen LogP) is 2.74. The molecule has 1 N–H and O–H groups in total. The van der Waals surface area contributed by atoms with Gasteiger partial charge in [0.2, 0.25) is 0 Å². The second-order valence-electron chi connectivity index (χ2n) is 4.88. The number of halogens is 1. The first-order valence-electron chi connectivity index (χ1n) is 6.99. The highest BCUT2D eigenvalue weighted by molar-refractivity contribution is 5.35. The predicted molar refractivity (Wildman–Crippen MR) is 73.3 cm³/mol. The third kappa shape index (κ3) is 2.90. The van der Waals surface area contributed by atoms with E-state index in [-0.39, 0.29) is 5.82 Å². The molecule has 0 amide bonds. The normalized spacial score (nSPS) is 18.3. The number of nitrogens with zero attached hydrogens (tertiary/aromatic N) is 1. The number of rotatable bonds is 6. The van der Waals surface area contributed by atoms with Gasteiger partial charge in [0, 0.05) is 19.1 Å². The molecule has 0 bridgehead atoms. The van der Waals surface area contributed by atoms with Crippen molar-refractivity contribution >= 4 is 0 Å². The van der Waals surface area contributed by atoms with E-state index < -0.39 is 0 Å². The zero-order valence-corrected chi connectivity index (χ0v) is 11.4. The maximum absolute atomic E-state index is 13.6. The Morgan fingerprint density at radius 3 is 2.83 bits per heavy atom. The van der Waals surface area contributed by atoms with Crippen molar-refractivity contribution in [1.82, 2.24) is 10.2 Å². The quantitative estimate of drug-likeness (QED) is 0.835. The number of nitrogens with one attached hydrogen (secondary N) is 1. The first kappa shape index (κ1) is 13.5. The molecule has 2 rings (SSSR count). The third-order valence-electron chi connectivity index (χ3n) is 3.93. The molecule has 18 heavy (non-hydrogen) atoms. The van der Waals surface area contributed by atoms with Crippen LogP contribution >= 0.6 is 0 Å². The summed E-state index contributed by atoms with van der Waals surface area (Å²) in [5.41, 5.74) is 2.08. The minimum atomic E-state index is -0.0412. The summed E-state index contributed by atoms with van der Waals surface area (Å²) in [5.74, 6) is -0.0412. The van der Waals surface area contributed by atoms with Gasteiger partial charge < -0.3 is 10.2 Å². The van der Waals surface area contributed by atoms with Crippen molar-refractivity contribution in [3.05, 3.63) is 35.1 Å². The van der Waals surface area contributed by atoms with E-state index in [9.17, 15) is 4.39 Å². The highest BCUT2D eigenvalue weighted by Gasteiger charge is 2.24. The van der Waals surface area contributed by atoms with Crippen LogP contribution in [0.5, 0.6) is 0 Å². The Morgan fingerprint density at radius 2 is 2.11 bits per heavy atom. The SMILES string of the molecule is CCN(CC)CCNC1CCc2c(F)cccc21. The molecule has 0 aliphatic heterocycles. The smallest absolute Gasteiger partial charge is 0.126 e. The summed E-state index contributed by atoms with van der Waals surface area (Å²) in [7, 11) is 0. The Kier molecular flexibility index (Phi) is 4.72. The van der Waals surface area contributed by atoms with E-state index in [2.05, 4.69) is 30.1 Å². The molecule has 3 heteroatoms. The van der Waals surface area contributed by atoms with E-state index in [0.717, 1.165) is 50.1 Å². The van der Waals surface area contributed by atoms with Gasteiger partial charge in [0.1, 0.15) is 5.82 Å². The molecule has 1 aliphatic carbocycles. The van der Waals surface area contributed by atoms with Gasteiger partial charge in [0.25, 0.3) is 0 Å². The number of hydrogen-bond donors (Lipinski definition) is 1. The largest absolute Gasteiger partial charge is 0.309 e. The highest BCUT2D eigenvalue weighted by atomic mass is 19.1. The van der Waals surface area contributed by atoms with Crippen LogP contribution in [0.4, 0.5) is 4.39 Å². The van der Waals surface area contributed by atoms with E-state index >= 15 is 0 Å². The van der Waals surface area contributed by atoms with Crippen molar-refractivity contribution < 1.29 is 4.39 Å². The van der Waals surface area contributed by atoms with Gasteiger partial charge in [0.15, 0.2) is 0 Å². The molecule has 0 saturated carbocycles. The summed E-state index contributed by atoms with van der Waals surface area (Å²) in [6.07, 6.45) is 1.89. The Hall–Kier alpha value is -0.930. The van der Waals surface area contributed by atoms with Crippen molar-refractivity contribution in [2.24, 2.45) is 0 Å². The van der Waals surface area contributed by atoms with Crippen molar-refractivity contribution in [2.75, 3.05) is 26.2 Å². The molecular weight excluding hydrogens is 227 g/mol. The number of hydrogen-bond acceptors (Lipinski definition) is 2. The topological polar surface area (TPSA) is 15.3 Å².